The predicted octanol–water partition coefficient (Wildman–Crippen LogP) is 4.59. The van der Waals surface area contributed by atoms with Crippen LogP contribution in [0, 0.1) is 0 Å². The molecule has 2 heterocycles. The van der Waals surface area contributed by atoms with Gasteiger partial charge in [0.2, 0.25) is 0 Å². The van der Waals surface area contributed by atoms with Crippen LogP contribution in [0.1, 0.15) is 5.56 Å². The smallest absolute Gasteiger partial charge is 0.264 e. The third kappa shape index (κ3) is 3.36. The van der Waals surface area contributed by atoms with Crippen molar-refractivity contribution in [2.75, 3.05) is 0 Å². The van der Waals surface area contributed by atoms with Crippen LogP contribution in [0.2, 0.25) is 0 Å². The standard InChI is InChI=1S/C19H12BrN3O2S/c20-14-7-8-15(17-13(14)2-1-9-21-17)22-19-23-18(25)16(26-19)10-11-3-5-12(24)6-4-11/h1-10,24H,(H,22,23,25)/b16-10-. The Bertz CT molecular complexity index is 1080. The van der Waals surface area contributed by atoms with Crippen LogP contribution in [0.5, 0.6) is 5.75 Å². The van der Waals surface area contributed by atoms with Gasteiger partial charge in [0.15, 0.2) is 5.17 Å². The molecule has 0 radical (unpaired) electrons. The molecule has 26 heavy (non-hydrogen) atoms. The minimum absolute atomic E-state index is 0.188. The number of hydrogen-bond acceptors (Lipinski definition) is 5. The Morgan fingerprint density at radius 3 is 2.77 bits per heavy atom. The quantitative estimate of drug-likeness (QED) is 0.588. The van der Waals surface area contributed by atoms with Gasteiger partial charge in [-0.3, -0.25) is 9.78 Å². The number of carbonyl (C=O) groups is 1. The van der Waals surface area contributed by atoms with Crippen LogP contribution in [0.15, 0.2) is 69.1 Å². The summed E-state index contributed by atoms with van der Waals surface area (Å²) in [7, 11) is 0. The van der Waals surface area contributed by atoms with Crippen molar-refractivity contribution in [2.45, 2.75) is 0 Å². The van der Waals surface area contributed by atoms with Crippen molar-refractivity contribution in [2.24, 2.45) is 4.99 Å². The maximum Gasteiger partial charge on any atom is 0.264 e. The Balaban J connectivity index is 1.67. The first-order valence-electron chi connectivity index (χ1n) is 7.72. The minimum atomic E-state index is -0.198. The van der Waals surface area contributed by atoms with Gasteiger partial charge in [-0.1, -0.05) is 34.1 Å². The molecule has 1 aliphatic heterocycles. The van der Waals surface area contributed by atoms with Crippen LogP contribution in [0.4, 0.5) is 5.69 Å². The summed E-state index contributed by atoms with van der Waals surface area (Å²) in [5.74, 6) is -0.0104. The van der Waals surface area contributed by atoms with E-state index in [-0.39, 0.29) is 11.7 Å². The van der Waals surface area contributed by atoms with Gasteiger partial charge in [0, 0.05) is 16.1 Å². The van der Waals surface area contributed by atoms with Crippen molar-refractivity contribution in [3.8, 4) is 5.75 Å². The molecule has 2 aromatic carbocycles. The topological polar surface area (TPSA) is 74.6 Å². The van der Waals surface area contributed by atoms with E-state index >= 15 is 0 Å². The molecule has 0 saturated carbocycles. The summed E-state index contributed by atoms with van der Waals surface area (Å²) in [6.45, 7) is 0. The monoisotopic (exact) mass is 425 g/mol. The fourth-order valence-electron chi connectivity index (χ4n) is 2.53. The highest BCUT2D eigenvalue weighted by Crippen LogP contribution is 2.33. The lowest BCUT2D eigenvalue weighted by atomic mass is 10.2. The van der Waals surface area contributed by atoms with Crippen LogP contribution < -0.4 is 5.32 Å². The van der Waals surface area contributed by atoms with Gasteiger partial charge in [-0.05, 0) is 53.7 Å². The van der Waals surface area contributed by atoms with E-state index in [0.29, 0.717) is 15.8 Å². The number of amides is 1. The van der Waals surface area contributed by atoms with Crippen molar-refractivity contribution in [1.82, 2.24) is 10.3 Å². The number of nitrogens with one attached hydrogen (secondary N) is 1. The molecule has 5 nitrogen and oxygen atoms in total. The SMILES string of the molecule is O=C1NC(=Nc2ccc(Br)c3cccnc23)S/C1=C\c1ccc(O)cc1. The second-order valence-corrected chi connectivity index (χ2v) is 7.42. The number of halogens is 1. The van der Waals surface area contributed by atoms with E-state index in [4.69, 9.17) is 0 Å². The van der Waals surface area contributed by atoms with Crippen LogP contribution in [-0.4, -0.2) is 21.2 Å². The summed E-state index contributed by atoms with van der Waals surface area (Å²) >= 11 is 4.79. The molecule has 1 amide bonds. The zero-order valence-electron chi connectivity index (χ0n) is 13.3. The lowest BCUT2D eigenvalue weighted by molar-refractivity contribution is -0.115. The van der Waals surface area contributed by atoms with Gasteiger partial charge in [-0.2, -0.15) is 0 Å². The maximum absolute atomic E-state index is 12.2. The zero-order chi connectivity index (χ0) is 18.1. The van der Waals surface area contributed by atoms with Gasteiger partial charge in [-0.15, -0.1) is 0 Å². The zero-order valence-corrected chi connectivity index (χ0v) is 15.7. The third-order valence-corrected chi connectivity index (χ3v) is 5.36. The van der Waals surface area contributed by atoms with Gasteiger partial charge in [0.1, 0.15) is 5.75 Å². The lowest BCUT2D eigenvalue weighted by Gasteiger charge is -2.03. The minimum Gasteiger partial charge on any atom is -0.508 e. The third-order valence-electron chi connectivity index (χ3n) is 3.76. The summed E-state index contributed by atoms with van der Waals surface area (Å²) in [5, 5.41) is 13.6. The number of amidine groups is 1. The molecule has 0 aliphatic carbocycles. The lowest BCUT2D eigenvalue weighted by Crippen LogP contribution is -2.19. The average Bonchev–Trinajstić information content (AvgIpc) is 2.99. The summed E-state index contributed by atoms with van der Waals surface area (Å²) in [6, 6.07) is 14.3. The number of fused-ring (bicyclic) bond motifs is 1. The summed E-state index contributed by atoms with van der Waals surface area (Å²) in [6.07, 6.45) is 3.48. The fraction of sp³-hybridized carbons (Fsp3) is 0. The van der Waals surface area contributed by atoms with E-state index in [2.05, 4.69) is 31.2 Å². The number of phenolic OH excluding ortho intramolecular Hbond substituents is 1. The Labute approximate surface area is 162 Å². The first-order chi connectivity index (χ1) is 12.6. The first kappa shape index (κ1) is 16.8. The second kappa shape index (κ2) is 6.93. The first-order valence-corrected chi connectivity index (χ1v) is 9.33. The average molecular weight is 426 g/mol. The van der Waals surface area contributed by atoms with Crippen molar-refractivity contribution in [1.29, 1.82) is 0 Å². The van der Waals surface area contributed by atoms with E-state index < -0.39 is 0 Å². The van der Waals surface area contributed by atoms with Gasteiger partial charge in [0.05, 0.1) is 16.1 Å². The highest BCUT2D eigenvalue weighted by atomic mass is 79.9. The van der Waals surface area contributed by atoms with Crippen LogP contribution >= 0.6 is 27.7 Å². The van der Waals surface area contributed by atoms with Crippen molar-refractivity contribution >= 4 is 61.4 Å². The molecule has 7 heteroatoms. The predicted molar refractivity (Wildman–Crippen MR) is 108 cm³/mol. The summed E-state index contributed by atoms with van der Waals surface area (Å²) in [5.41, 5.74) is 2.29. The number of nitrogens with zero attached hydrogens (tertiary/aromatic N) is 2. The number of hydrogen-bond donors (Lipinski definition) is 2. The molecule has 1 fully saturated rings. The van der Waals surface area contributed by atoms with Crippen molar-refractivity contribution in [3.63, 3.8) is 0 Å². The fourth-order valence-corrected chi connectivity index (χ4v) is 3.81. The Kier molecular flexibility index (Phi) is 4.48. The molecule has 0 spiro atoms. The van der Waals surface area contributed by atoms with Crippen molar-refractivity contribution in [3.05, 3.63) is 69.7 Å². The molecule has 0 atom stereocenters. The highest BCUT2D eigenvalue weighted by molar-refractivity contribution is 9.10. The number of aromatic hydroxyl groups is 1. The summed E-state index contributed by atoms with van der Waals surface area (Å²) in [4.78, 5) is 21.7. The van der Waals surface area contributed by atoms with Crippen molar-refractivity contribution < 1.29 is 9.90 Å². The van der Waals surface area contributed by atoms with E-state index in [1.807, 2.05) is 24.3 Å². The van der Waals surface area contributed by atoms with Gasteiger partial charge in [-0.25, -0.2) is 4.99 Å². The molecule has 2 N–H and O–H groups in total. The molecule has 1 aromatic heterocycles. The molecular formula is C19H12BrN3O2S. The molecule has 128 valence electrons. The Morgan fingerprint density at radius 2 is 1.96 bits per heavy atom. The number of aliphatic imine (C=N–C) groups is 1. The molecule has 4 rings (SSSR count). The second-order valence-electron chi connectivity index (χ2n) is 5.54. The van der Waals surface area contributed by atoms with Gasteiger partial charge < -0.3 is 10.4 Å². The van der Waals surface area contributed by atoms with Gasteiger partial charge >= 0.3 is 0 Å². The number of phenols is 1. The number of thioether (sulfide) groups is 1. The van der Waals surface area contributed by atoms with Gasteiger partial charge in [0.25, 0.3) is 5.91 Å². The van der Waals surface area contributed by atoms with E-state index in [9.17, 15) is 9.90 Å². The van der Waals surface area contributed by atoms with E-state index in [0.717, 1.165) is 20.9 Å². The largest absolute Gasteiger partial charge is 0.508 e. The number of pyridine rings is 1. The normalized spacial score (nSPS) is 17.2. The van der Waals surface area contributed by atoms with E-state index in [1.54, 1.807) is 36.5 Å². The molecule has 0 bridgehead atoms. The molecule has 0 unspecified atom stereocenters. The Hall–Kier alpha value is -2.64. The molecule has 1 saturated heterocycles. The maximum atomic E-state index is 12.2. The molecular weight excluding hydrogens is 414 g/mol. The van der Waals surface area contributed by atoms with E-state index in [1.165, 1.54) is 11.8 Å². The van der Waals surface area contributed by atoms with Crippen LogP contribution in [-0.2, 0) is 4.79 Å². The molecule has 3 aromatic rings. The summed E-state index contributed by atoms with van der Waals surface area (Å²) < 4.78 is 0.945. The number of carbonyl (C=O) groups excluding carboxylic acids is 1. The van der Waals surface area contributed by atoms with Crippen LogP contribution in [0.3, 0.4) is 0 Å². The number of rotatable bonds is 2. The van der Waals surface area contributed by atoms with Crippen LogP contribution in [0.25, 0.3) is 17.0 Å². The number of aromatic nitrogens is 1. The Morgan fingerprint density at radius 1 is 1.15 bits per heavy atom. The number of benzene rings is 2. The molecule has 1 aliphatic rings. The highest BCUT2D eigenvalue weighted by Gasteiger charge is 2.24.